The molecule has 0 aromatic heterocycles. The predicted molar refractivity (Wildman–Crippen MR) is 87.4 cm³/mol. The van der Waals surface area contributed by atoms with Crippen LogP contribution in [0.1, 0.15) is 28.3 Å². The Kier molecular flexibility index (Phi) is 4.43. The molecule has 21 heavy (non-hydrogen) atoms. The summed E-state index contributed by atoms with van der Waals surface area (Å²) >= 11 is 0. The third kappa shape index (κ3) is 3.31. The number of carbonyl (C=O) groups excluding carboxylic acids is 1. The van der Waals surface area contributed by atoms with Crippen LogP contribution in [0.25, 0.3) is 0 Å². The molecule has 0 saturated carbocycles. The van der Waals surface area contributed by atoms with E-state index in [4.69, 9.17) is 5.73 Å². The van der Waals surface area contributed by atoms with Crippen LogP contribution in [-0.2, 0) is 4.79 Å². The van der Waals surface area contributed by atoms with Crippen molar-refractivity contribution in [3.05, 3.63) is 64.7 Å². The third-order valence-corrected chi connectivity index (χ3v) is 3.75. The predicted octanol–water partition coefficient (Wildman–Crippen LogP) is 3.27. The fourth-order valence-corrected chi connectivity index (χ4v) is 2.43. The SMILES string of the molecule is Cc1ccc(C(N)C(=O)N(C)c2ccc(C)cc2C)cc1. The molecule has 2 rings (SSSR count). The molecule has 0 spiro atoms. The van der Waals surface area contributed by atoms with Gasteiger partial charge < -0.3 is 10.6 Å². The molecule has 0 aliphatic heterocycles. The summed E-state index contributed by atoms with van der Waals surface area (Å²) in [5.74, 6) is -0.106. The summed E-state index contributed by atoms with van der Waals surface area (Å²) in [5.41, 5.74) is 11.3. The number of carbonyl (C=O) groups is 1. The zero-order valence-electron chi connectivity index (χ0n) is 13.1. The van der Waals surface area contributed by atoms with E-state index in [-0.39, 0.29) is 5.91 Å². The van der Waals surface area contributed by atoms with Crippen molar-refractivity contribution in [3.63, 3.8) is 0 Å². The lowest BCUT2D eigenvalue weighted by atomic mass is 10.0. The second-order valence-corrected chi connectivity index (χ2v) is 5.58. The maximum Gasteiger partial charge on any atom is 0.248 e. The largest absolute Gasteiger partial charge is 0.316 e. The van der Waals surface area contributed by atoms with E-state index < -0.39 is 6.04 Å². The summed E-state index contributed by atoms with van der Waals surface area (Å²) in [7, 11) is 1.77. The Labute approximate surface area is 126 Å². The van der Waals surface area contributed by atoms with Gasteiger partial charge in [-0.25, -0.2) is 0 Å². The van der Waals surface area contributed by atoms with Gasteiger partial charge >= 0.3 is 0 Å². The number of benzene rings is 2. The van der Waals surface area contributed by atoms with Crippen LogP contribution in [0.15, 0.2) is 42.5 Å². The van der Waals surface area contributed by atoms with Crippen LogP contribution >= 0.6 is 0 Å². The van der Waals surface area contributed by atoms with Gasteiger partial charge in [0, 0.05) is 12.7 Å². The fraction of sp³-hybridized carbons (Fsp3) is 0.278. The molecule has 0 bridgehead atoms. The van der Waals surface area contributed by atoms with Crippen LogP contribution in [0, 0.1) is 20.8 Å². The Balaban J connectivity index is 2.24. The van der Waals surface area contributed by atoms with Gasteiger partial charge in [-0.1, -0.05) is 47.5 Å². The van der Waals surface area contributed by atoms with Crippen molar-refractivity contribution in [2.24, 2.45) is 5.73 Å². The number of aryl methyl sites for hydroxylation is 3. The van der Waals surface area contributed by atoms with E-state index in [1.54, 1.807) is 11.9 Å². The van der Waals surface area contributed by atoms with E-state index in [9.17, 15) is 4.79 Å². The third-order valence-electron chi connectivity index (χ3n) is 3.75. The van der Waals surface area contributed by atoms with Gasteiger partial charge in [0.25, 0.3) is 0 Å². The quantitative estimate of drug-likeness (QED) is 0.939. The summed E-state index contributed by atoms with van der Waals surface area (Å²) in [5, 5.41) is 0. The highest BCUT2D eigenvalue weighted by Gasteiger charge is 2.21. The smallest absolute Gasteiger partial charge is 0.248 e. The zero-order valence-corrected chi connectivity index (χ0v) is 13.1. The summed E-state index contributed by atoms with van der Waals surface area (Å²) in [6.07, 6.45) is 0. The van der Waals surface area contributed by atoms with Crippen molar-refractivity contribution in [2.45, 2.75) is 26.8 Å². The molecule has 2 N–H and O–H groups in total. The van der Waals surface area contributed by atoms with Crippen molar-refractivity contribution >= 4 is 11.6 Å². The normalized spacial score (nSPS) is 12.0. The molecule has 0 heterocycles. The maximum atomic E-state index is 12.6. The van der Waals surface area contributed by atoms with Crippen molar-refractivity contribution in [1.29, 1.82) is 0 Å². The van der Waals surface area contributed by atoms with Crippen LogP contribution < -0.4 is 10.6 Å². The first-order valence-corrected chi connectivity index (χ1v) is 7.07. The summed E-state index contributed by atoms with van der Waals surface area (Å²) in [6, 6.07) is 13.2. The maximum absolute atomic E-state index is 12.6. The van der Waals surface area contributed by atoms with Crippen LogP contribution in [0.3, 0.4) is 0 Å². The number of anilines is 1. The molecule has 1 amide bonds. The van der Waals surface area contributed by atoms with Gasteiger partial charge in [0.15, 0.2) is 0 Å². The average molecular weight is 282 g/mol. The molecular formula is C18H22N2O. The second kappa shape index (κ2) is 6.10. The van der Waals surface area contributed by atoms with Crippen molar-refractivity contribution < 1.29 is 4.79 Å². The van der Waals surface area contributed by atoms with Gasteiger partial charge in [-0.2, -0.15) is 0 Å². The highest BCUT2D eigenvalue weighted by molar-refractivity contribution is 5.97. The van der Waals surface area contributed by atoms with Gasteiger partial charge in [-0.3, -0.25) is 4.79 Å². The first-order chi connectivity index (χ1) is 9.90. The lowest BCUT2D eigenvalue weighted by Crippen LogP contribution is -2.36. The average Bonchev–Trinajstić information content (AvgIpc) is 2.46. The molecule has 3 nitrogen and oxygen atoms in total. The van der Waals surface area contributed by atoms with Gasteiger partial charge in [0.1, 0.15) is 6.04 Å². The van der Waals surface area contributed by atoms with E-state index in [1.165, 1.54) is 5.56 Å². The molecule has 110 valence electrons. The topological polar surface area (TPSA) is 46.3 Å². The minimum absolute atomic E-state index is 0.106. The fourth-order valence-electron chi connectivity index (χ4n) is 2.43. The van der Waals surface area contributed by atoms with E-state index in [2.05, 4.69) is 6.07 Å². The first kappa shape index (κ1) is 15.3. The summed E-state index contributed by atoms with van der Waals surface area (Å²) in [6.45, 7) is 6.05. The van der Waals surface area contributed by atoms with Gasteiger partial charge in [-0.15, -0.1) is 0 Å². The lowest BCUT2D eigenvalue weighted by molar-refractivity contribution is -0.119. The van der Waals surface area contributed by atoms with Crippen LogP contribution in [0.4, 0.5) is 5.69 Å². The number of nitrogens with zero attached hydrogens (tertiary/aromatic N) is 1. The number of hydrogen-bond acceptors (Lipinski definition) is 2. The summed E-state index contributed by atoms with van der Waals surface area (Å²) < 4.78 is 0. The molecule has 2 aromatic rings. The first-order valence-electron chi connectivity index (χ1n) is 7.07. The summed E-state index contributed by atoms with van der Waals surface area (Å²) in [4.78, 5) is 14.2. The molecule has 0 saturated heterocycles. The van der Waals surface area contributed by atoms with Crippen LogP contribution in [0.2, 0.25) is 0 Å². The van der Waals surface area contributed by atoms with E-state index >= 15 is 0 Å². The monoisotopic (exact) mass is 282 g/mol. The highest BCUT2D eigenvalue weighted by atomic mass is 16.2. The van der Waals surface area contributed by atoms with Crippen molar-refractivity contribution in [1.82, 2.24) is 0 Å². The molecule has 3 heteroatoms. The highest BCUT2D eigenvalue weighted by Crippen LogP contribution is 2.23. The van der Waals surface area contributed by atoms with E-state index in [1.807, 2.05) is 57.2 Å². The van der Waals surface area contributed by atoms with Crippen LogP contribution in [-0.4, -0.2) is 13.0 Å². The Bertz CT molecular complexity index is 647. The van der Waals surface area contributed by atoms with E-state index in [0.717, 1.165) is 22.4 Å². The van der Waals surface area contributed by atoms with Crippen molar-refractivity contribution in [2.75, 3.05) is 11.9 Å². The molecule has 1 unspecified atom stereocenters. The number of likely N-dealkylation sites (N-methyl/N-ethyl adjacent to an activating group) is 1. The van der Waals surface area contributed by atoms with Gasteiger partial charge in [0.05, 0.1) is 0 Å². The van der Waals surface area contributed by atoms with Gasteiger partial charge in [-0.05, 0) is 38.0 Å². The Morgan fingerprint density at radius 1 is 1.00 bits per heavy atom. The lowest BCUT2D eigenvalue weighted by Gasteiger charge is -2.23. The molecule has 0 aliphatic carbocycles. The molecule has 0 fully saturated rings. The Morgan fingerprint density at radius 2 is 1.57 bits per heavy atom. The minimum atomic E-state index is -0.642. The number of nitrogens with two attached hydrogens (primary N) is 1. The van der Waals surface area contributed by atoms with Crippen molar-refractivity contribution in [3.8, 4) is 0 Å². The standard InChI is InChI=1S/C18H22N2O/c1-12-5-8-15(9-6-12)17(19)18(21)20(4)16-10-7-13(2)11-14(16)3/h5-11,17H,19H2,1-4H3. The van der Waals surface area contributed by atoms with E-state index in [0.29, 0.717) is 0 Å². The Hall–Kier alpha value is -2.13. The number of hydrogen-bond donors (Lipinski definition) is 1. The number of rotatable bonds is 3. The van der Waals surface area contributed by atoms with Gasteiger partial charge in [0.2, 0.25) is 5.91 Å². The molecule has 0 radical (unpaired) electrons. The molecule has 0 aliphatic rings. The second-order valence-electron chi connectivity index (χ2n) is 5.58. The zero-order chi connectivity index (χ0) is 15.6. The Morgan fingerprint density at radius 3 is 2.14 bits per heavy atom. The molecular weight excluding hydrogens is 260 g/mol. The van der Waals surface area contributed by atoms with Crippen LogP contribution in [0.5, 0.6) is 0 Å². The molecule has 2 aromatic carbocycles. The minimum Gasteiger partial charge on any atom is -0.316 e. The number of amides is 1. The molecule has 1 atom stereocenters.